The molecule has 2 rings (SSSR count). The number of phenols is 1. The predicted octanol–water partition coefficient (Wildman–Crippen LogP) is 5.02. The molecule has 0 atom stereocenters. The van der Waals surface area contributed by atoms with Gasteiger partial charge in [0.1, 0.15) is 5.75 Å². The van der Waals surface area contributed by atoms with Crippen LogP contribution >= 0.6 is 39.1 Å². The average Bonchev–Trinajstić information content (AvgIpc) is 2.39. The minimum absolute atomic E-state index is 0.0669. The van der Waals surface area contributed by atoms with E-state index in [-0.39, 0.29) is 16.7 Å². The number of rotatable bonds is 2. The number of hydrogen-bond acceptors (Lipinski definition) is 2. The molecule has 0 aromatic heterocycles. The lowest BCUT2D eigenvalue weighted by Gasteiger charge is -2.10. The van der Waals surface area contributed by atoms with Gasteiger partial charge in [-0.1, -0.05) is 23.2 Å². The normalized spacial score (nSPS) is 10.4. The third kappa shape index (κ3) is 3.26. The zero-order valence-corrected chi connectivity index (χ0v) is 13.5. The van der Waals surface area contributed by atoms with Crippen molar-refractivity contribution in [1.82, 2.24) is 0 Å². The smallest absolute Gasteiger partial charge is 0.255 e. The van der Waals surface area contributed by atoms with Gasteiger partial charge in [0.05, 0.1) is 10.7 Å². The van der Waals surface area contributed by atoms with Crippen molar-refractivity contribution in [3.05, 3.63) is 56.0 Å². The third-order valence-corrected chi connectivity index (χ3v) is 4.07. The number of aryl methyl sites for hydroxylation is 1. The van der Waals surface area contributed by atoms with Crippen molar-refractivity contribution >= 4 is 50.7 Å². The van der Waals surface area contributed by atoms with E-state index in [0.717, 1.165) is 10.0 Å². The third-order valence-electron chi connectivity index (χ3n) is 2.71. The van der Waals surface area contributed by atoms with Crippen molar-refractivity contribution in [2.24, 2.45) is 0 Å². The molecule has 0 unspecified atom stereocenters. The van der Waals surface area contributed by atoms with Crippen LogP contribution in [-0.4, -0.2) is 11.0 Å². The van der Waals surface area contributed by atoms with Gasteiger partial charge in [-0.25, -0.2) is 0 Å². The van der Waals surface area contributed by atoms with Crippen molar-refractivity contribution in [3.63, 3.8) is 0 Å². The molecule has 0 saturated carbocycles. The molecule has 0 heterocycles. The fourth-order valence-electron chi connectivity index (χ4n) is 1.58. The molecule has 2 N–H and O–H groups in total. The Morgan fingerprint density at radius 3 is 2.55 bits per heavy atom. The van der Waals surface area contributed by atoms with Crippen LogP contribution in [0.3, 0.4) is 0 Å². The molecule has 3 nitrogen and oxygen atoms in total. The van der Waals surface area contributed by atoms with Crippen LogP contribution in [0.5, 0.6) is 5.75 Å². The number of nitrogens with one attached hydrogen (secondary N) is 1. The molecule has 20 heavy (non-hydrogen) atoms. The van der Waals surface area contributed by atoms with Crippen LogP contribution in [0.1, 0.15) is 15.9 Å². The summed E-state index contributed by atoms with van der Waals surface area (Å²) in [6.07, 6.45) is 0. The minimum atomic E-state index is -0.340. The second-order valence-electron chi connectivity index (χ2n) is 4.20. The molecule has 0 aliphatic rings. The Morgan fingerprint density at radius 2 is 1.90 bits per heavy atom. The van der Waals surface area contributed by atoms with Gasteiger partial charge in [-0.2, -0.15) is 0 Å². The molecule has 2 aromatic rings. The Labute approximate surface area is 134 Å². The molecule has 2 aromatic carbocycles. The fraction of sp³-hybridized carbons (Fsp3) is 0.0714. The lowest BCUT2D eigenvalue weighted by molar-refractivity contribution is 0.102. The maximum atomic E-state index is 12.1. The van der Waals surface area contributed by atoms with Gasteiger partial charge in [-0.15, -0.1) is 0 Å². The molecule has 104 valence electrons. The Hall–Kier alpha value is -1.23. The molecule has 0 aliphatic heterocycles. The highest BCUT2D eigenvalue weighted by Crippen LogP contribution is 2.30. The largest absolute Gasteiger partial charge is 0.506 e. The lowest BCUT2D eigenvalue weighted by atomic mass is 10.2. The molecule has 6 heteroatoms. The summed E-state index contributed by atoms with van der Waals surface area (Å²) in [5, 5.41) is 12.8. The summed E-state index contributed by atoms with van der Waals surface area (Å²) >= 11 is 15.2. The van der Waals surface area contributed by atoms with Crippen LogP contribution in [0.15, 0.2) is 34.8 Å². The zero-order valence-electron chi connectivity index (χ0n) is 10.4. The van der Waals surface area contributed by atoms with E-state index in [4.69, 9.17) is 23.2 Å². The molecule has 0 radical (unpaired) electrons. The molecular weight excluding hydrogens is 365 g/mol. The zero-order chi connectivity index (χ0) is 14.9. The van der Waals surface area contributed by atoms with E-state index in [1.54, 1.807) is 6.07 Å². The van der Waals surface area contributed by atoms with E-state index in [1.807, 2.05) is 13.0 Å². The predicted molar refractivity (Wildman–Crippen MR) is 85.0 cm³/mol. The maximum absolute atomic E-state index is 12.1. The van der Waals surface area contributed by atoms with Gasteiger partial charge in [-0.05, 0) is 58.7 Å². The summed E-state index contributed by atoms with van der Waals surface area (Å²) in [6.45, 7) is 1.87. The van der Waals surface area contributed by atoms with Crippen molar-refractivity contribution < 1.29 is 9.90 Å². The van der Waals surface area contributed by atoms with E-state index in [1.165, 1.54) is 18.2 Å². The van der Waals surface area contributed by atoms with E-state index in [9.17, 15) is 9.90 Å². The first-order valence-corrected chi connectivity index (χ1v) is 7.19. The first-order valence-electron chi connectivity index (χ1n) is 5.64. The maximum Gasteiger partial charge on any atom is 0.255 e. The molecule has 0 spiro atoms. The van der Waals surface area contributed by atoms with Crippen molar-refractivity contribution in [2.45, 2.75) is 6.92 Å². The van der Waals surface area contributed by atoms with Crippen LogP contribution < -0.4 is 5.32 Å². The number of hydrogen-bond donors (Lipinski definition) is 2. The number of benzene rings is 2. The Morgan fingerprint density at radius 1 is 1.20 bits per heavy atom. The SMILES string of the molecule is Cc1cc(Br)c(NC(=O)c2ccc(O)c(Cl)c2)cc1Cl. The van der Waals surface area contributed by atoms with Crippen LogP contribution in [0.25, 0.3) is 0 Å². The van der Waals surface area contributed by atoms with Crippen molar-refractivity contribution in [1.29, 1.82) is 0 Å². The molecule has 1 amide bonds. The van der Waals surface area contributed by atoms with E-state index >= 15 is 0 Å². The molecule has 0 aliphatic carbocycles. The van der Waals surface area contributed by atoms with Gasteiger partial charge in [0.25, 0.3) is 5.91 Å². The van der Waals surface area contributed by atoms with Crippen LogP contribution in [0.4, 0.5) is 5.69 Å². The monoisotopic (exact) mass is 373 g/mol. The summed E-state index contributed by atoms with van der Waals surface area (Å²) in [6, 6.07) is 7.74. The van der Waals surface area contributed by atoms with Gasteiger partial charge >= 0.3 is 0 Å². The number of carbonyl (C=O) groups excluding carboxylic acids is 1. The summed E-state index contributed by atoms with van der Waals surface area (Å²) in [5.74, 6) is -0.407. The summed E-state index contributed by atoms with van der Waals surface area (Å²) in [4.78, 5) is 12.1. The van der Waals surface area contributed by atoms with Gasteiger partial charge in [0, 0.05) is 15.1 Å². The fourth-order valence-corrected chi connectivity index (χ4v) is 2.49. The number of aromatic hydroxyl groups is 1. The highest BCUT2D eigenvalue weighted by molar-refractivity contribution is 9.10. The summed E-state index contributed by atoms with van der Waals surface area (Å²) in [5.41, 5.74) is 1.82. The van der Waals surface area contributed by atoms with Crippen LogP contribution in [0, 0.1) is 6.92 Å². The summed E-state index contributed by atoms with van der Waals surface area (Å²) < 4.78 is 0.734. The van der Waals surface area contributed by atoms with E-state index < -0.39 is 0 Å². The molecule has 0 saturated heterocycles. The Balaban J connectivity index is 2.27. The lowest BCUT2D eigenvalue weighted by Crippen LogP contribution is -2.12. The van der Waals surface area contributed by atoms with Gasteiger partial charge in [0.15, 0.2) is 0 Å². The standard InChI is InChI=1S/C14H10BrCl2NO2/c1-7-4-9(15)12(6-10(7)16)18-14(20)8-2-3-13(19)11(17)5-8/h2-6,19H,1H3,(H,18,20). The minimum Gasteiger partial charge on any atom is -0.506 e. The van der Waals surface area contributed by atoms with Gasteiger partial charge in [-0.3, -0.25) is 4.79 Å². The van der Waals surface area contributed by atoms with Crippen LogP contribution in [0.2, 0.25) is 10.0 Å². The van der Waals surface area contributed by atoms with E-state index in [0.29, 0.717) is 16.3 Å². The Kier molecular flexibility index (Phi) is 4.58. The second-order valence-corrected chi connectivity index (χ2v) is 5.87. The van der Waals surface area contributed by atoms with Gasteiger partial charge < -0.3 is 10.4 Å². The average molecular weight is 375 g/mol. The van der Waals surface area contributed by atoms with E-state index in [2.05, 4.69) is 21.2 Å². The van der Waals surface area contributed by atoms with Gasteiger partial charge in [0.2, 0.25) is 0 Å². The van der Waals surface area contributed by atoms with Crippen molar-refractivity contribution in [2.75, 3.05) is 5.32 Å². The van der Waals surface area contributed by atoms with Crippen molar-refractivity contribution in [3.8, 4) is 5.75 Å². The quantitative estimate of drug-likeness (QED) is 0.775. The van der Waals surface area contributed by atoms with Crippen LogP contribution in [-0.2, 0) is 0 Å². The highest BCUT2D eigenvalue weighted by Gasteiger charge is 2.11. The number of anilines is 1. The molecular formula is C14H10BrCl2NO2. The first-order chi connectivity index (χ1) is 9.38. The second kappa shape index (κ2) is 6.04. The number of carbonyl (C=O) groups is 1. The number of phenolic OH excluding ortho intramolecular Hbond substituents is 1. The molecule has 0 bridgehead atoms. The Bertz CT molecular complexity index is 689. The number of halogens is 3. The molecule has 0 fully saturated rings. The summed E-state index contributed by atoms with van der Waals surface area (Å²) in [7, 11) is 0. The first kappa shape index (κ1) is 15.2. The topological polar surface area (TPSA) is 49.3 Å². The highest BCUT2D eigenvalue weighted by atomic mass is 79.9. The number of amides is 1.